The highest BCUT2D eigenvalue weighted by molar-refractivity contribution is 7.12. The standard InChI is InChI=1S/C8H8N2S/c9-5-8-10-6-3-1-2-4-7(6)11-8/h1-4H2. The van der Waals surface area contributed by atoms with Gasteiger partial charge >= 0.3 is 0 Å². The van der Waals surface area contributed by atoms with E-state index in [0.717, 1.165) is 12.8 Å². The zero-order chi connectivity index (χ0) is 7.68. The number of fused-ring (bicyclic) bond motifs is 1. The Labute approximate surface area is 69.5 Å². The van der Waals surface area contributed by atoms with Crippen molar-refractivity contribution in [1.29, 1.82) is 5.26 Å². The molecule has 2 nitrogen and oxygen atoms in total. The minimum Gasteiger partial charge on any atom is -0.231 e. The van der Waals surface area contributed by atoms with Crippen LogP contribution in [0.2, 0.25) is 0 Å². The summed E-state index contributed by atoms with van der Waals surface area (Å²) in [7, 11) is 0. The molecule has 56 valence electrons. The second-order valence-electron chi connectivity index (χ2n) is 2.71. The van der Waals surface area contributed by atoms with Crippen LogP contribution in [0.5, 0.6) is 0 Å². The molecule has 1 heterocycles. The first-order valence-electron chi connectivity index (χ1n) is 3.79. The van der Waals surface area contributed by atoms with E-state index in [-0.39, 0.29) is 0 Å². The SMILES string of the molecule is N#Cc1nc2c(s1)CCCC2. The fourth-order valence-corrected chi connectivity index (χ4v) is 2.35. The number of aryl methyl sites for hydroxylation is 2. The molecule has 0 amide bonds. The zero-order valence-electron chi connectivity index (χ0n) is 6.13. The van der Waals surface area contributed by atoms with Gasteiger partial charge in [0.05, 0.1) is 5.69 Å². The third-order valence-electron chi connectivity index (χ3n) is 1.94. The summed E-state index contributed by atoms with van der Waals surface area (Å²) in [6.07, 6.45) is 4.71. The van der Waals surface area contributed by atoms with Crippen molar-refractivity contribution in [2.24, 2.45) is 0 Å². The highest BCUT2D eigenvalue weighted by Gasteiger charge is 2.14. The molecule has 1 aliphatic rings. The zero-order valence-corrected chi connectivity index (χ0v) is 6.95. The Hall–Kier alpha value is -0.880. The van der Waals surface area contributed by atoms with E-state index in [0.29, 0.717) is 5.01 Å². The Morgan fingerprint density at radius 1 is 1.36 bits per heavy atom. The molecule has 0 aliphatic heterocycles. The van der Waals surface area contributed by atoms with E-state index in [2.05, 4.69) is 11.1 Å². The molecule has 0 N–H and O–H groups in total. The second-order valence-corrected chi connectivity index (χ2v) is 3.79. The Kier molecular flexibility index (Phi) is 1.63. The smallest absolute Gasteiger partial charge is 0.194 e. The first-order chi connectivity index (χ1) is 5.40. The molecule has 1 aromatic rings. The lowest BCUT2D eigenvalue weighted by atomic mass is 10.0. The lowest BCUT2D eigenvalue weighted by molar-refractivity contribution is 0.682. The third kappa shape index (κ3) is 1.14. The van der Waals surface area contributed by atoms with Gasteiger partial charge in [0.2, 0.25) is 0 Å². The van der Waals surface area contributed by atoms with E-state index in [1.165, 1.54) is 23.4 Å². The summed E-state index contributed by atoms with van der Waals surface area (Å²) < 4.78 is 0. The molecule has 11 heavy (non-hydrogen) atoms. The topological polar surface area (TPSA) is 36.7 Å². The summed E-state index contributed by atoms with van der Waals surface area (Å²) in [5.41, 5.74) is 1.18. The summed E-state index contributed by atoms with van der Waals surface area (Å²) >= 11 is 1.56. The van der Waals surface area contributed by atoms with Crippen molar-refractivity contribution in [3.8, 4) is 6.07 Å². The quantitative estimate of drug-likeness (QED) is 0.587. The van der Waals surface area contributed by atoms with Crippen LogP contribution in [-0.2, 0) is 12.8 Å². The molecule has 0 atom stereocenters. The fraction of sp³-hybridized carbons (Fsp3) is 0.500. The third-order valence-corrected chi connectivity index (χ3v) is 3.00. The van der Waals surface area contributed by atoms with Crippen LogP contribution in [0.4, 0.5) is 0 Å². The maximum absolute atomic E-state index is 8.58. The molecule has 0 bridgehead atoms. The van der Waals surface area contributed by atoms with Crippen LogP contribution in [0.15, 0.2) is 0 Å². The Balaban J connectivity index is 2.42. The minimum absolute atomic E-state index is 0.636. The molecule has 0 saturated carbocycles. The normalized spacial score (nSPS) is 15.5. The van der Waals surface area contributed by atoms with Gasteiger partial charge in [-0.25, -0.2) is 4.98 Å². The lowest BCUT2D eigenvalue weighted by Gasteiger charge is -2.06. The van der Waals surface area contributed by atoms with Crippen LogP contribution in [0, 0.1) is 11.3 Å². The summed E-state index contributed by atoms with van der Waals surface area (Å²) in [6, 6.07) is 2.09. The fourth-order valence-electron chi connectivity index (χ4n) is 1.40. The molecule has 3 heteroatoms. The van der Waals surface area contributed by atoms with Crippen LogP contribution < -0.4 is 0 Å². The Bertz CT molecular complexity index is 285. The molecule has 1 aromatic heterocycles. The van der Waals surface area contributed by atoms with Gasteiger partial charge in [-0.15, -0.1) is 11.3 Å². The van der Waals surface area contributed by atoms with Gasteiger partial charge in [-0.1, -0.05) is 0 Å². The summed E-state index contributed by atoms with van der Waals surface area (Å²) in [6.45, 7) is 0. The number of rotatable bonds is 0. The van der Waals surface area contributed by atoms with Crippen LogP contribution >= 0.6 is 11.3 Å². The van der Waals surface area contributed by atoms with Crippen LogP contribution in [-0.4, -0.2) is 4.98 Å². The van der Waals surface area contributed by atoms with Crippen molar-refractivity contribution in [3.05, 3.63) is 15.6 Å². The first kappa shape index (κ1) is 6.81. The predicted molar refractivity (Wildman–Crippen MR) is 43.5 cm³/mol. The number of nitrogens with zero attached hydrogens (tertiary/aromatic N) is 2. The van der Waals surface area contributed by atoms with Gasteiger partial charge in [0.1, 0.15) is 6.07 Å². The average molecular weight is 164 g/mol. The average Bonchev–Trinajstić information content (AvgIpc) is 2.46. The van der Waals surface area contributed by atoms with E-state index in [1.54, 1.807) is 11.3 Å². The molecule has 0 aromatic carbocycles. The van der Waals surface area contributed by atoms with E-state index in [9.17, 15) is 0 Å². The lowest BCUT2D eigenvalue weighted by Crippen LogP contribution is -1.98. The van der Waals surface area contributed by atoms with Gasteiger partial charge in [-0.05, 0) is 25.7 Å². The largest absolute Gasteiger partial charge is 0.231 e. The van der Waals surface area contributed by atoms with Gasteiger partial charge < -0.3 is 0 Å². The predicted octanol–water partition coefficient (Wildman–Crippen LogP) is 1.89. The maximum Gasteiger partial charge on any atom is 0.194 e. The van der Waals surface area contributed by atoms with Crippen molar-refractivity contribution in [2.45, 2.75) is 25.7 Å². The molecule has 2 rings (SSSR count). The monoisotopic (exact) mass is 164 g/mol. The highest BCUT2D eigenvalue weighted by atomic mass is 32.1. The molecule has 0 saturated heterocycles. The van der Waals surface area contributed by atoms with Crippen LogP contribution in [0.25, 0.3) is 0 Å². The van der Waals surface area contributed by atoms with Crippen molar-refractivity contribution in [1.82, 2.24) is 4.98 Å². The Morgan fingerprint density at radius 3 is 2.91 bits per heavy atom. The van der Waals surface area contributed by atoms with Crippen molar-refractivity contribution in [2.75, 3.05) is 0 Å². The molecule has 0 unspecified atom stereocenters. The van der Waals surface area contributed by atoms with Gasteiger partial charge in [-0.2, -0.15) is 5.26 Å². The van der Waals surface area contributed by atoms with Gasteiger partial charge in [0, 0.05) is 4.88 Å². The van der Waals surface area contributed by atoms with Crippen molar-refractivity contribution < 1.29 is 0 Å². The molecular weight excluding hydrogens is 156 g/mol. The number of aromatic nitrogens is 1. The minimum atomic E-state index is 0.636. The number of hydrogen-bond donors (Lipinski definition) is 0. The summed E-state index contributed by atoms with van der Waals surface area (Å²) in [4.78, 5) is 5.57. The van der Waals surface area contributed by atoms with Gasteiger partial charge in [0.25, 0.3) is 0 Å². The van der Waals surface area contributed by atoms with E-state index >= 15 is 0 Å². The van der Waals surface area contributed by atoms with Crippen molar-refractivity contribution >= 4 is 11.3 Å². The van der Waals surface area contributed by atoms with Crippen LogP contribution in [0.1, 0.15) is 28.4 Å². The van der Waals surface area contributed by atoms with E-state index in [1.807, 2.05) is 0 Å². The second kappa shape index (κ2) is 2.63. The van der Waals surface area contributed by atoms with E-state index in [4.69, 9.17) is 5.26 Å². The molecular formula is C8H8N2S. The number of thiazole rings is 1. The van der Waals surface area contributed by atoms with Crippen molar-refractivity contribution in [3.63, 3.8) is 0 Å². The molecule has 0 fully saturated rings. The van der Waals surface area contributed by atoms with Crippen LogP contribution in [0.3, 0.4) is 0 Å². The first-order valence-corrected chi connectivity index (χ1v) is 4.60. The van der Waals surface area contributed by atoms with Gasteiger partial charge in [-0.3, -0.25) is 0 Å². The summed E-state index contributed by atoms with van der Waals surface area (Å²) in [5, 5.41) is 9.22. The number of nitriles is 1. The maximum atomic E-state index is 8.58. The number of hydrogen-bond acceptors (Lipinski definition) is 3. The molecule has 0 radical (unpaired) electrons. The molecule has 0 spiro atoms. The Morgan fingerprint density at radius 2 is 2.18 bits per heavy atom. The van der Waals surface area contributed by atoms with E-state index < -0.39 is 0 Å². The summed E-state index contributed by atoms with van der Waals surface area (Å²) in [5.74, 6) is 0. The highest BCUT2D eigenvalue weighted by Crippen LogP contribution is 2.25. The van der Waals surface area contributed by atoms with Gasteiger partial charge in [0.15, 0.2) is 5.01 Å². The molecule has 1 aliphatic carbocycles.